The van der Waals surface area contributed by atoms with Crippen molar-refractivity contribution in [3.8, 4) is 0 Å². The second-order valence-electron chi connectivity index (χ2n) is 7.10. The lowest BCUT2D eigenvalue weighted by atomic mass is 9.93. The van der Waals surface area contributed by atoms with Crippen molar-refractivity contribution in [2.24, 2.45) is 10.9 Å². The Morgan fingerprint density at radius 3 is 2.79 bits per heavy atom. The van der Waals surface area contributed by atoms with Crippen LogP contribution in [0.4, 0.5) is 0 Å². The normalized spacial score (nSPS) is 20.0. The van der Waals surface area contributed by atoms with Gasteiger partial charge in [0.15, 0.2) is 5.96 Å². The van der Waals surface area contributed by atoms with E-state index in [0.29, 0.717) is 18.6 Å². The predicted octanol–water partition coefficient (Wildman–Crippen LogP) is 3.70. The van der Waals surface area contributed by atoms with Crippen LogP contribution >= 0.6 is 24.0 Å². The summed E-state index contributed by atoms with van der Waals surface area (Å²) in [6.45, 7) is 8.43. The van der Waals surface area contributed by atoms with Crippen LogP contribution in [0.1, 0.15) is 37.4 Å². The van der Waals surface area contributed by atoms with E-state index >= 15 is 0 Å². The molecule has 0 saturated carbocycles. The van der Waals surface area contributed by atoms with Crippen molar-refractivity contribution in [2.75, 3.05) is 26.7 Å². The minimum absolute atomic E-state index is 0. The van der Waals surface area contributed by atoms with E-state index < -0.39 is 0 Å². The van der Waals surface area contributed by atoms with Gasteiger partial charge in [-0.1, -0.05) is 31.2 Å². The third-order valence-corrected chi connectivity index (χ3v) is 5.35. The number of rotatable bonds is 6. The van der Waals surface area contributed by atoms with Gasteiger partial charge in [-0.3, -0.25) is 4.99 Å². The number of aromatic nitrogens is 2. The Morgan fingerprint density at radius 1 is 1.32 bits per heavy atom. The Labute approximate surface area is 185 Å². The smallest absolute Gasteiger partial charge is 0.193 e. The Balaban J connectivity index is 0.00000280. The van der Waals surface area contributed by atoms with Crippen molar-refractivity contribution in [2.45, 2.75) is 39.5 Å². The second-order valence-corrected chi connectivity index (χ2v) is 7.10. The molecule has 0 aliphatic carbocycles. The van der Waals surface area contributed by atoms with Gasteiger partial charge >= 0.3 is 0 Å². The highest BCUT2D eigenvalue weighted by Crippen LogP contribution is 2.27. The van der Waals surface area contributed by atoms with E-state index in [-0.39, 0.29) is 24.0 Å². The van der Waals surface area contributed by atoms with E-state index in [2.05, 4.69) is 62.1 Å². The molecular weight excluding hydrogens is 465 g/mol. The zero-order chi connectivity index (χ0) is 19.1. The molecule has 0 amide bonds. The number of ether oxygens (including phenoxy) is 1. The first-order valence-electron chi connectivity index (χ1n) is 9.80. The number of hydrogen-bond donors (Lipinski definition) is 1. The van der Waals surface area contributed by atoms with Crippen LogP contribution in [-0.2, 0) is 17.9 Å². The van der Waals surface area contributed by atoms with E-state index in [4.69, 9.17) is 4.74 Å². The molecule has 2 aromatic rings. The summed E-state index contributed by atoms with van der Waals surface area (Å²) in [6, 6.07) is 8.85. The standard InChI is InChI=1S/C21H31N5O.HI/c1-4-27-15-19-8-6-5-7-18(19)13-24-21(22-3)25-11-9-17(2)20(14-25)26-12-10-23-16-26;/h5-8,10,12,16-17,20H,4,9,11,13-15H2,1-3H3,(H,22,24);1H. The molecule has 3 rings (SSSR count). The van der Waals surface area contributed by atoms with Crippen LogP contribution in [0.5, 0.6) is 0 Å². The molecule has 7 heteroatoms. The average molecular weight is 497 g/mol. The van der Waals surface area contributed by atoms with Crippen molar-refractivity contribution < 1.29 is 4.74 Å². The number of hydrogen-bond acceptors (Lipinski definition) is 3. The zero-order valence-corrected chi connectivity index (χ0v) is 19.4. The summed E-state index contributed by atoms with van der Waals surface area (Å²) in [7, 11) is 1.86. The first-order chi connectivity index (χ1) is 13.2. The highest BCUT2D eigenvalue weighted by molar-refractivity contribution is 14.0. The number of aliphatic imine (C=N–C) groups is 1. The number of imidazole rings is 1. The Morgan fingerprint density at radius 2 is 2.11 bits per heavy atom. The molecule has 1 aromatic carbocycles. The fourth-order valence-corrected chi connectivity index (χ4v) is 3.68. The summed E-state index contributed by atoms with van der Waals surface area (Å²) < 4.78 is 7.82. The number of halogens is 1. The fourth-order valence-electron chi connectivity index (χ4n) is 3.68. The lowest BCUT2D eigenvalue weighted by molar-refractivity contribution is 0.133. The molecule has 2 heterocycles. The highest BCUT2D eigenvalue weighted by Gasteiger charge is 2.28. The summed E-state index contributed by atoms with van der Waals surface area (Å²) in [5, 5.41) is 3.55. The third-order valence-electron chi connectivity index (χ3n) is 5.35. The molecule has 2 atom stereocenters. The molecule has 1 fully saturated rings. The second kappa shape index (κ2) is 11.4. The number of nitrogens with zero attached hydrogens (tertiary/aromatic N) is 4. The molecule has 2 unspecified atom stereocenters. The van der Waals surface area contributed by atoms with Gasteiger partial charge in [0.1, 0.15) is 0 Å². The molecule has 0 spiro atoms. The summed E-state index contributed by atoms with van der Waals surface area (Å²) in [4.78, 5) is 11.1. The molecule has 1 aliphatic rings. The molecule has 1 saturated heterocycles. The van der Waals surface area contributed by atoms with Gasteiger partial charge in [-0.25, -0.2) is 4.98 Å². The number of benzene rings is 1. The summed E-state index contributed by atoms with van der Waals surface area (Å²) in [5.74, 6) is 1.58. The zero-order valence-electron chi connectivity index (χ0n) is 17.0. The summed E-state index contributed by atoms with van der Waals surface area (Å²) >= 11 is 0. The Hall–Kier alpha value is -1.61. The number of guanidine groups is 1. The molecule has 0 radical (unpaired) electrons. The molecule has 1 aromatic heterocycles. The van der Waals surface area contributed by atoms with E-state index in [1.165, 1.54) is 11.1 Å². The number of nitrogens with one attached hydrogen (secondary N) is 1. The maximum absolute atomic E-state index is 5.60. The van der Waals surface area contributed by atoms with Crippen LogP contribution in [0.3, 0.4) is 0 Å². The van der Waals surface area contributed by atoms with Crippen molar-refractivity contribution in [3.05, 3.63) is 54.1 Å². The largest absolute Gasteiger partial charge is 0.377 e. The maximum atomic E-state index is 5.60. The van der Waals surface area contributed by atoms with Gasteiger partial charge in [-0.05, 0) is 30.4 Å². The Bertz CT molecular complexity index is 734. The molecule has 1 aliphatic heterocycles. The first kappa shape index (κ1) is 22.7. The van der Waals surface area contributed by atoms with Crippen molar-refractivity contribution in [1.29, 1.82) is 0 Å². The molecular formula is C21H32IN5O. The third kappa shape index (κ3) is 5.70. The molecule has 28 heavy (non-hydrogen) atoms. The minimum atomic E-state index is 0. The van der Waals surface area contributed by atoms with Crippen molar-refractivity contribution >= 4 is 29.9 Å². The summed E-state index contributed by atoms with van der Waals surface area (Å²) in [5.41, 5.74) is 2.48. The van der Waals surface area contributed by atoms with Gasteiger partial charge < -0.3 is 19.5 Å². The van der Waals surface area contributed by atoms with Crippen LogP contribution in [-0.4, -0.2) is 47.2 Å². The van der Waals surface area contributed by atoms with Crippen LogP contribution in [0, 0.1) is 5.92 Å². The van der Waals surface area contributed by atoms with E-state index in [9.17, 15) is 0 Å². The SMILES string of the molecule is CCOCc1ccccc1CNC(=NC)N1CCC(C)C(n2ccnc2)C1.I. The number of likely N-dealkylation sites (tertiary alicyclic amines) is 1. The van der Waals surface area contributed by atoms with Crippen LogP contribution in [0.25, 0.3) is 0 Å². The fraction of sp³-hybridized carbons (Fsp3) is 0.524. The summed E-state index contributed by atoms with van der Waals surface area (Å²) in [6.07, 6.45) is 6.98. The van der Waals surface area contributed by atoms with E-state index in [0.717, 1.165) is 38.6 Å². The highest BCUT2D eigenvalue weighted by atomic mass is 127. The first-order valence-corrected chi connectivity index (χ1v) is 9.80. The molecule has 154 valence electrons. The van der Waals surface area contributed by atoms with E-state index in [1.54, 1.807) is 0 Å². The molecule has 0 bridgehead atoms. The monoisotopic (exact) mass is 497 g/mol. The number of piperidine rings is 1. The lowest BCUT2D eigenvalue weighted by Crippen LogP contribution is -2.48. The average Bonchev–Trinajstić information content (AvgIpc) is 3.23. The minimum Gasteiger partial charge on any atom is -0.377 e. The maximum Gasteiger partial charge on any atom is 0.193 e. The van der Waals surface area contributed by atoms with Crippen LogP contribution < -0.4 is 5.32 Å². The van der Waals surface area contributed by atoms with Gasteiger partial charge in [0.05, 0.1) is 19.0 Å². The van der Waals surface area contributed by atoms with Gasteiger partial charge in [-0.2, -0.15) is 0 Å². The lowest BCUT2D eigenvalue weighted by Gasteiger charge is -2.39. The predicted molar refractivity (Wildman–Crippen MR) is 124 cm³/mol. The molecule has 6 nitrogen and oxygen atoms in total. The van der Waals surface area contributed by atoms with Gasteiger partial charge in [0.25, 0.3) is 0 Å². The van der Waals surface area contributed by atoms with Crippen LogP contribution in [0.2, 0.25) is 0 Å². The van der Waals surface area contributed by atoms with Crippen molar-refractivity contribution in [1.82, 2.24) is 19.8 Å². The topological polar surface area (TPSA) is 54.7 Å². The van der Waals surface area contributed by atoms with Crippen molar-refractivity contribution in [3.63, 3.8) is 0 Å². The van der Waals surface area contributed by atoms with Gasteiger partial charge in [0.2, 0.25) is 0 Å². The van der Waals surface area contributed by atoms with Crippen LogP contribution in [0.15, 0.2) is 48.0 Å². The quantitative estimate of drug-likeness (QED) is 0.376. The van der Waals surface area contributed by atoms with E-state index in [1.807, 2.05) is 26.5 Å². The van der Waals surface area contributed by atoms with Gasteiger partial charge in [-0.15, -0.1) is 24.0 Å². The molecule has 1 N–H and O–H groups in total. The Kier molecular flexibility index (Phi) is 9.24. The van der Waals surface area contributed by atoms with Gasteiger partial charge in [0, 0.05) is 45.7 Å².